The van der Waals surface area contributed by atoms with Gasteiger partial charge in [-0.2, -0.15) is 5.21 Å². The maximum Gasteiger partial charge on any atom is 0.214 e. The van der Waals surface area contributed by atoms with Crippen LogP contribution in [0.2, 0.25) is 0 Å². The fraction of sp³-hybridized carbons (Fsp3) is 0. The summed E-state index contributed by atoms with van der Waals surface area (Å²) < 4.78 is 0. The summed E-state index contributed by atoms with van der Waals surface area (Å²) in [5.41, 5.74) is 0. The van der Waals surface area contributed by atoms with E-state index >= 15 is 0 Å². The smallest absolute Gasteiger partial charge is 0.214 e. The number of pyridine rings is 1. The third-order valence-electron chi connectivity index (χ3n) is 1.86. The Hall–Kier alpha value is -1.82. The van der Waals surface area contributed by atoms with E-state index in [1.165, 1.54) is 0 Å². The molecule has 5 nitrogen and oxygen atoms in total. The number of tetrazole rings is 1. The molecular formula is C8H5N5S. The standard InChI is InChI=1S/C8H5N5S/c1-2-5-4-6(7-10-12-13-11-7)14-8(5)9-3-1/h1-4H,(H,10,11,12,13). The van der Waals surface area contributed by atoms with Crippen molar-refractivity contribution >= 4 is 21.6 Å². The summed E-state index contributed by atoms with van der Waals surface area (Å²) in [5.74, 6) is 0.619. The van der Waals surface area contributed by atoms with E-state index < -0.39 is 0 Å². The fourth-order valence-corrected chi connectivity index (χ4v) is 2.18. The first-order chi connectivity index (χ1) is 6.93. The van der Waals surface area contributed by atoms with Crippen LogP contribution < -0.4 is 0 Å². The molecular weight excluding hydrogens is 198 g/mol. The van der Waals surface area contributed by atoms with Crippen molar-refractivity contribution in [1.82, 2.24) is 25.6 Å². The van der Waals surface area contributed by atoms with E-state index in [4.69, 9.17) is 0 Å². The first-order valence-electron chi connectivity index (χ1n) is 4.02. The van der Waals surface area contributed by atoms with Gasteiger partial charge >= 0.3 is 0 Å². The summed E-state index contributed by atoms with van der Waals surface area (Å²) in [5, 5.41) is 14.9. The number of H-pyrrole nitrogens is 1. The lowest BCUT2D eigenvalue weighted by Gasteiger charge is -1.81. The van der Waals surface area contributed by atoms with Crippen LogP contribution in [0, 0.1) is 0 Å². The molecule has 3 aromatic rings. The quantitative estimate of drug-likeness (QED) is 0.650. The van der Waals surface area contributed by atoms with Crippen molar-refractivity contribution in [3.8, 4) is 10.7 Å². The molecule has 1 N–H and O–H groups in total. The molecule has 0 aromatic carbocycles. The van der Waals surface area contributed by atoms with Crippen LogP contribution >= 0.6 is 11.3 Å². The summed E-state index contributed by atoms with van der Waals surface area (Å²) in [6, 6.07) is 5.94. The average molecular weight is 203 g/mol. The fourth-order valence-electron chi connectivity index (χ4n) is 1.25. The molecule has 0 radical (unpaired) electrons. The van der Waals surface area contributed by atoms with Gasteiger partial charge in [0.05, 0.1) is 4.88 Å². The molecule has 0 aliphatic carbocycles. The Bertz CT molecular complexity index is 523. The minimum atomic E-state index is 0.619. The SMILES string of the molecule is c1cnc2sc(-c3nn[nH]n3)cc2c1. The lowest BCUT2D eigenvalue weighted by molar-refractivity contribution is 0.881. The van der Waals surface area contributed by atoms with Gasteiger partial charge in [-0.25, -0.2) is 4.98 Å². The van der Waals surface area contributed by atoms with Gasteiger partial charge in [0.15, 0.2) is 0 Å². The molecule has 0 amide bonds. The Balaban J connectivity index is 2.24. The zero-order chi connectivity index (χ0) is 9.38. The summed E-state index contributed by atoms with van der Waals surface area (Å²) in [7, 11) is 0. The topological polar surface area (TPSA) is 67.3 Å². The van der Waals surface area contributed by atoms with Crippen molar-refractivity contribution < 1.29 is 0 Å². The van der Waals surface area contributed by atoms with Gasteiger partial charge in [-0.3, -0.25) is 0 Å². The Morgan fingerprint density at radius 1 is 1.36 bits per heavy atom. The Labute approximate surface area is 82.8 Å². The van der Waals surface area contributed by atoms with Crippen LogP contribution in [-0.4, -0.2) is 25.6 Å². The zero-order valence-corrected chi connectivity index (χ0v) is 7.82. The van der Waals surface area contributed by atoms with Gasteiger partial charge in [0.2, 0.25) is 5.82 Å². The van der Waals surface area contributed by atoms with Crippen molar-refractivity contribution in [2.45, 2.75) is 0 Å². The average Bonchev–Trinajstić information content (AvgIpc) is 2.86. The number of nitrogens with one attached hydrogen (secondary N) is 1. The second-order valence-electron chi connectivity index (χ2n) is 2.74. The third kappa shape index (κ3) is 1.08. The molecule has 0 aliphatic rings. The normalized spacial score (nSPS) is 10.9. The van der Waals surface area contributed by atoms with Crippen LogP contribution in [0.4, 0.5) is 0 Å². The maximum atomic E-state index is 4.24. The molecule has 3 heterocycles. The van der Waals surface area contributed by atoms with Crippen LogP contribution in [0.15, 0.2) is 24.4 Å². The zero-order valence-electron chi connectivity index (χ0n) is 7.01. The van der Waals surface area contributed by atoms with Crippen LogP contribution in [-0.2, 0) is 0 Å². The number of aromatic nitrogens is 5. The van der Waals surface area contributed by atoms with E-state index in [-0.39, 0.29) is 0 Å². The molecule has 14 heavy (non-hydrogen) atoms. The van der Waals surface area contributed by atoms with Crippen molar-refractivity contribution in [3.05, 3.63) is 24.4 Å². The summed E-state index contributed by atoms with van der Waals surface area (Å²) >= 11 is 1.56. The highest BCUT2D eigenvalue weighted by atomic mass is 32.1. The predicted molar refractivity (Wildman–Crippen MR) is 52.8 cm³/mol. The van der Waals surface area contributed by atoms with Crippen molar-refractivity contribution in [2.24, 2.45) is 0 Å². The first-order valence-corrected chi connectivity index (χ1v) is 4.83. The van der Waals surface area contributed by atoms with E-state index in [0.717, 1.165) is 15.1 Å². The molecule has 0 bridgehead atoms. The number of aromatic amines is 1. The number of fused-ring (bicyclic) bond motifs is 1. The number of nitrogens with zero attached hydrogens (tertiary/aromatic N) is 4. The molecule has 0 saturated heterocycles. The van der Waals surface area contributed by atoms with Crippen LogP contribution in [0.1, 0.15) is 0 Å². The van der Waals surface area contributed by atoms with Crippen molar-refractivity contribution in [2.75, 3.05) is 0 Å². The molecule has 0 saturated carbocycles. The molecule has 0 fully saturated rings. The van der Waals surface area contributed by atoms with E-state index in [2.05, 4.69) is 25.6 Å². The van der Waals surface area contributed by atoms with Gasteiger partial charge in [0.25, 0.3) is 0 Å². The van der Waals surface area contributed by atoms with Crippen LogP contribution in [0.25, 0.3) is 20.9 Å². The second kappa shape index (κ2) is 2.85. The molecule has 6 heteroatoms. The third-order valence-corrected chi connectivity index (χ3v) is 2.91. The number of rotatable bonds is 1. The molecule has 0 spiro atoms. The molecule has 0 aliphatic heterocycles. The number of thiophene rings is 1. The number of hydrogen-bond acceptors (Lipinski definition) is 5. The highest BCUT2D eigenvalue weighted by Gasteiger charge is 2.07. The monoisotopic (exact) mass is 203 g/mol. The summed E-state index contributed by atoms with van der Waals surface area (Å²) in [4.78, 5) is 6.22. The Kier molecular flexibility index (Phi) is 1.54. The van der Waals surface area contributed by atoms with E-state index in [1.54, 1.807) is 17.5 Å². The molecule has 3 rings (SSSR count). The van der Waals surface area contributed by atoms with Gasteiger partial charge in [0.1, 0.15) is 4.83 Å². The van der Waals surface area contributed by atoms with Gasteiger partial charge < -0.3 is 0 Å². The van der Waals surface area contributed by atoms with Gasteiger partial charge in [0, 0.05) is 11.6 Å². The highest BCUT2D eigenvalue weighted by molar-refractivity contribution is 7.21. The molecule has 0 atom stereocenters. The largest absolute Gasteiger partial charge is 0.245 e. The van der Waals surface area contributed by atoms with Gasteiger partial charge in [-0.05, 0) is 17.3 Å². The number of hydrogen-bond donors (Lipinski definition) is 1. The van der Waals surface area contributed by atoms with Crippen LogP contribution in [0.3, 0.4) is 0 Å². The summed E-state index contributed by atoms with van der Waals surface area (Å²) in [6.45, 7) is 0. The molecule has 3 aromatic heterocycles. The molecule has 68 valence electrons. The first kappa shape index (κ1) is 7.57. The lowest BCUT2D eigenvalue weighted by Crippen LogP contribution is -1.73. The Morgan fingerprint density at radius 3 is 3.14 bits per heavy atom. The van der Waals surface area contributed by atoms with E-state index in [1.807, 2.05) is 18.2 Å². The minimum absolute atomic E-state index is 0.619. The van der Waals surface area contributed by atoms with Gasteiger partial charge in [-0.15, -0.1) is 21.5 Å². The van der Waals surface area contributed by atoms with E-state index in [0.29, 0.717) is 5.82 Å². The van der Waals surface area contributed by atoms with Gasteiger partial charge in [-0.1, -0.05) is 6.07 Å². The van der Waals surface area contributed by atoms with Crippen LogP contribution in [0.5, 0.6) is 0 Å². The van der Waals surface area contributed by atoms with Crippen molar-refractivity contribution in [1.29, 1.82) is 0 Å². The Morgan fingerprint density at radius 2 is 2.36 bits per heavy atom. The highest BCUT2D eigenvalue weighted by Crippen LogP contribution is 2.29. The molecule has 0 unspecified atom stereocenters. The lowest BCUT2D eigenvalue weighted by atomic mass is 10.3. The minimum Gasteiger partial charge on any atom is -0.245 e. The summed E-state index contributed by atoms with van der Waals surface area (Å²) in [6.07, 6.45) is 1.78. The van der Waals surface area contributed by atoms with Crippen molar-refractivity contribution in [3.63, 3.8) is 0 Å². The predicted octanol–water partition coefficient (Wildman–Crippen LogP) is 1.48. The van der Waals surface area contributed by atoms with E-state index in [9.17, 15) is 0 Å². The second-order valence-corrected chi connectivity index (χ2v) is 3.77. The maximum absolute atomic E-state index is 4.24.